The van der Waals surface area contributed by atoms with Crippen molar-refractivity contribution in [3.05, 3.63) is 60.2 Å². The van der Waals surface area contributed by atoms with Gasteiger partial charge in [-0.25, -0.2) is 0 Å². The van der Waals surface area contributed by atoms with Gasteiger partial charge in [0.05, 0.1) is 6.61 Å². The van der Waals surface area contributed by atoms with Crippen molar-refractivity contribution < 1.29 is 4.43 Å². The van der Waals surface area contributed by atoms with Gasteiger partial charge in [-0.15, -0.1) is 0 Å². The highest BCUT2D eigenvalue weighted by Gasteiger charge is 2.09. The smallest absolute Gasteiger partial charge is 0.246 e. The first-order valence-electron chi connectivity index (χ1n) is 6.32. The van der Waals surface area contributed by atoms with Gasteiger partial charge < -0.3 is 4.43 Å². The van der Waals surface area contributed by atoms with E-state index < -0.39 is 0 Å². The van der Waals surface area contributed by atoms with E-state index in [1.54, 1.807) is 0 Å². The molecule has 0 amide bonds. The summed E-state index contributed by atoms with van der Waals surface area (Å²) in [5, 5.41) is 7.86. The Balaban J connectivity index is 2.28. The lowest BCUT2D eigenvalue weighted by Gasteiger charge is -2.13. The number of benzene rings is 4. The summed E-state index contributed by atoms with van der Waals surface area (Å²) in [6.45, 7) is 0.574. The topological polar surface area (TPSA) is 9.23 Å². The molecule has 0 aliphatic rings. The van der Waals surface area contributed by atoms with Crippen LogP contribution >= 0.6 is 0 Å². The average Bonchev–Trinajstić information content (AvgIpc) is 2.46. The lowest BCUT2D eigenvalue weighted by atomic mass is 9.92. The summed E-state index contributed by atoms with van der Waals surface area (Å²) in [5.74, 6) is 0. The summed E-state index contributed by atoms with van der Waals surface area (Å²) in [7, 11) is 3.10. The van der Waals surface area contributed by atoms with E-state index in [4.69, 9.17) is 4.43 Å². The van der Waals surface area contributed by atoms with E-state index >= 15 is 0 Å². The Bertz CT molecular complexity index is 866. The van der Waals surface area contributed by atoms with Gasteiger partial charge in [0.15, 0.2) is 0 Å². The van der Waals surface area contributed by atoms with Crippen molar-refractivity contribution in [2.45, 2.75) is 6.61 Å². The van der Waals surface area contributed by atoms with Crippen LogP contribution in [0, 0.1) is 0 Å². The molecule has 0 bridgehead atoms. The van der Waals surface area contributed by atoms with E-state index in [2.05, 4.69) is 65.1 Å². The molecule has 4 rings (SSSR count). The summed E-state index contributed by atoms with van der Waals surface area (Å²) in [6, 6.07) is 19.6. The quantitative estimate of drug-likeness (QED) is 0.387. The van der Waals surface area contributed by atoms with Gasteiger partial charge in [-0.2, -0.15) is 0 Å². The molecule has 0 aliphatic carbocycles. The van der Waals surface area contributed by atoms with E-state index in [-0.39, 0.29) is 0 Å². The van der Waals surface area contributed by atoms with Crippen molar-refractivity contribution in [2.24, 2.45) is 0 Å². The molecule has 89 valence electrons. The Kier molecular flexibility index (Phi) is 2.34. The van der Waals surface area contributed by atoms with Gasteiger partial charge in [0.1, 0.15) is 0 Å². The van der Waals surface area contributed by atoms with Gasteiger partial charge in [-0.1, -0.05) is 54.6 Å². The van der Waals surface area contributed by atoms with E-state index in [0.29, 0.717) is 6.61 Å². The molecule has 0 aliphatic heterocycles. The van der Waals surface area contributed by atoms with Crippen LogP contribution < -0.4 is 0 Å². The summed E-state index contributed by atoms with van der Waals surface area (Å²) in [5.41, 5.74) is 1.21. The zero-order valence-electron chi connectivity index (χ0n) is 10.3. The largest absolute Gasteiger partial charge is 0.414 e. The summed E-state index contributed by atoms with van der Waals surface area (Å²) in [6.07, 6.45) is 0. The predicted molar refractivity (Wildman–Crippen MR) is 80.7 cm³/mol. The second kappa shape index (κ2) is 4.05. The minimum absolute atomic E-state index is 0.574. The maximum Gasteiger partial charge on any atom is 0.246 e. The molecular weight excluding hydrogens is 248 g/mol. The Morgan fingerprint density at radius 2 is 1.37 bits per heavy atom. The first-order chi connectivity index (χ1) is 9.38. The molecule has 0 unspecified atom stereocenters. The third kappa shape index (κ3) is 1.51. The normalized spacial score (nSPS) is 11.8. The molecule has 0 aromatic heterocycles. The van der Waals surface area contributed by atoms with Crippen LogP contribution in [-0.2, 0) is 11.0 Å². The van der Waals surface area contributed by atoms with Gasteiger partial charge in [0, 0.05) is 0 Å². The lowest BCUT2D eigenvalue weighted by Crippen LogP contribution is -1.92. The van der Waals surface area contributed by atoms with Crippen LogP contribution in [0.1, 0.15) is 5.56 Å². The molecule has 0 N–H and O–H groups in total. The zero-order chi connectivity index (χ0) is 12.8. The van der Waals surface area contributed by atoms with Crippen molar-refractivity contribution >= 4 is 42.8 Å². The van der Waals surface area contributed by atoms with Crippen LogP contribution in [0.5, 0.6) is 0 Å². The fraction of sp³-hybridized carbons (Fsp3) is 0.0588. The molecule has 0 saturated heterocycles. The minimum Gasteiger partial charge on any atom is -0.414 e. The highest BCUT2D eigenvalue weighted by molar-refractivity contribution is 6.23. The van der Waals surface area contributed by atoms with Gasteiger partial charge in [-0.3, -0.25) is 0 Å². The van der Waals surface area contributed by atoms with Crippen molar-refractivity contribution in [1.82, 2.24) is 0 Å². The Labute approximate surface area is 114 Å². The highest BCUT2D eigenvalue weighted by atomic mass is 28.2. The van der Waals surface area contributed by atoms with Crippen LogP contribution in [0.4, 0.5) is 0 Å². The molecule has 2 heteroatoms. The van der Waals surface area contributed by atoms with Gasteiger partial charge in [0.2, 0.25) is 10.5 Å². The van der Waals surface area contributed by atoms with Crippen LogP contribution in [0.2, 0.25) is 0 Å². The molecule has 0 spiro atoms. The van der Waals surface area contributed by atoms with Crippen LogP contribution in [0.15, 0.2) is 54.6 Å². The zero-order valence-corrected chi connectivity index (χ0v) is 11.3. The first kappa shape index (κ1) is 11.0. The summed E-state index contributed by atoms with van der Waals surface area (Å²) < 4.78 is 5.12. The number of rotatable bonds is 2. The molecule has 3 radical (unpaired) electrons. The number of hydrogen-bond donors (Lipinski definition) is 0. The predicted octanol–water partition coefficient (Wildman–Crippen LogP) is 4.18. The molecule has 0 heterocycles. The second-order valence-corrected chi connectivity index (χ2v) is 5.16. The number of hydrogen-bond acceptors (Lipinski definition) is 1. The van der Waals surface area contributed by atoms with Crippen LogP contribution in [0.3, 0.4) is 0 Å². The monoisotopic (exact) mass is 259 g/mol. The second-order valence-electron chi connectivity index (χ2n) is 4.87. The first-order valence-corrected chi connectivity index (χ1v) is 6.73. The minimum atomic E-state index is 0.574. The molecule has 0 fully saturated rings. The fourth-order valence-electron chi connectivity index (χ4n) is 3.00. The molecule has 4 aromatic rings. The molecule has 0 saturated carbocycles. The maximum absolute atomic E-state index is 5.12. The Morgan fingerprint density at radius 1 is 0.737 bits per heavy atom. The third-order valence-electron chi connectivity index (χ3n) is 3.85. The van der Waals surface area contributed by atoms with E-state index in [1.807, 2.05) is 0 Å². The average molecular weight is 259 g/mol. The molecule has 0 atom stereocenters. The lowest BCUT2D eigenvalue weighted by molar-refractivity contribution is 0.340. The standard InChI is InChI=1S/C17H11OSi/c19-18-10-14-7-6-13-5-4-11-2-1-3-12-8-9-15(14)17(13)16(11)12/h1-9H,10H2. The van der Waals surface area contributed by atoms with Gasteiger partial charge >= 0.3 is 0 Å². The molecule has 19 heavy (non-hydrogen) atoms. The van der Waals surface area contributed by atoms with Crippen molar-refractivity contribution in [2.75, 3.05) is 0 Å². The Hall–Kier alpha value is -1.90. The van der Waals surface area contributed by atoms with Crippen molar-refractivity contribution in [1.29, 1.82) is 0 Å². The maximum atomic E-state index is 5.12. The fourth-order valence-corrected chi connectivity index (χ4v) is 3.15. The summed E-state index contributed by atoms with van der Waals surface area (Å²) >= 11 is 0. The van der Waals surface area contributed by atoms with Crippen molar-refractivity contribution in [3.8, 4) is 0 Å². The van der Waals surface area contributed by atoms with Crippen LogP contribution in [-0.4, -0.2) is 10.5 Å². The van der Waals surface area contributed by atoms with Crippen molar-refractivity contribution in [3.63, 3.8) is 0 Å². The highest BCUT2D eigenvalue weighted by Crippen LogP contribution is 2.35. The SMILES string of the molecule is [Si]OCc1ccc2ccc3cccc4ccc1c2c34. The molecule has 1 nitrogen and oxygen atoms in total. The van der Waals surface area contributed by atoms with E-state index in [0.717, 1.165) is 0 Å². The third-order valence-corrected chi connectivity index (χ3v) is 3.99. The molecule has 4 aromatic carbocycles. The van der Waals surface area contributed by atoms with E-state index in [1.165, 1.54) is 37.9 Å². The van der Waals surface area contributed by atoms with Gasteiger partial charge in [-0.05, 0) is 37.9 Å². The Morgan fingerprint density at radius 3 is 2.11 bits per heavy atom. The van der Waals surface area contributed by atoms with Gasteiger partial charge in [0.25, 0.3) is 0 Å². The van der Waals surface area contributed by atoms with Crippen LogP contribution in [0.25, 0.3) is 32.3 Å². The van der Waals surface area contributed by atoms with E-state index in [9.17, 15) is 0 Å². The summed E-state index contributed by atoms with van der Waals surface area (Å²) in [4.78, 5) is 0. The molecular formula is C17H11OSi.